The van der Waals surface area contributed by atoms with Gasteiger partial charge in [0.25, 0.3) is 5.91 Å². The predicted octanol–water partition coefficient (Wildman–Crippen LogP) is 3.32. The van der Waals surface area contributed by atoms with Gasteiger partial charge in [0.05, 0.1) is 43.9 Å². The average molecular weight is 656 g/mol. The number of benzene rings is 2. The van der Waals surface area contributed by atoms with Gasteiger partial charge >= 0.3 is 6.18 Å². The molecular formula is C29H37F4N7O4S. The van der Waals surface area contributed by atoms with E-state index < -0.39 is 52.6 Å². The molecule has 0 bridgehead atoms. The number of likely N-dealkylation sites (tertiary alicyclic amines) is 1. The molecule has 246 valence electrons. The second-order valence-corrected chi connectivity index (χ2v) is 13.2. The Morgan fingerprint density at radius 1 is 1.24 bits per heavy atom. The third-order valence-electron chi connectivity index (χ3n) is 7.68. The predicted molar refractivity (Wildman–Crippen MR) is 165 cm³/mol. The number of hydrogen-bond acceptors (Lipinski definition) is 8. The molecule has 2 aliphatic heterocycles. The Labute approximate surface area is 259 Å². The molecule has 2 aliphatic rings. The highest BCUT2D eigenvalue weighted by Crippen LogP contribution is 2.31. The molecule has 45 heavy (non-hydrogen) atoms. The molecule has 0 spiro atoms. The van der Waals surface area contributed by atoms with Crippen LogP contribution in [0.15, 0.2) is 46.4 Å². The summed E-state index contributed by atoms with van der Waals surface area (Å²) in [7, 11) is 0.903. The number of amidine groups is 1. The Balaban J connectivity index is 1.54. The summed E-state index contributed by atoms with van der Waals surface area (Å²) in [5, 5.41) is 8.25. The van der Waals surface area contributed by atoms with E-state index >= 15 is 0 Å². The van der Waals surface area contributed by atoms with E-state index in [0.717, 1.165) is 16.1 Å². The maximum Gasteiger partial charge on any atom is 0.400 e. The van der Waals surface area contributed by atoms with Gasteiger partial charge in [-0.1, -0.05) is 12.1 Å². The average Bonchev–Trinajstić information content (AvgIpc) is 2.96. The number of ether oxygens (including phenoxy) is 1. The summed E-state index contributed by atoms with van der Waals surface area (Å²) >= 11 is 0. The topological polar surface area (TPSA) is 128 Å². The lowest BCUT2D eigenvalue weighted by atomic mass is 10.0. The van der Waals surface area contributed by atoms with Crippen molar-refractivity contribution in [3.63, 3.8) is 0 Å². The standard InChI is InChI=1S/C29H37F4N7O4S/c1-17-6-7-19(24(12-17)40(3)45(5,42)43)14-34-26-20(29(31,32)33)15-35-28(38-26)37-23-9-8-18(13-25(23)44-4)27(41)36-22-10-11-39(2)16-21(22)30/h6-9,12-13,20-22H,10-11,14-16H2,1-5H3,(H,36,41)(H2,34,35,37,38). The third-order valence-corrected chi connectivity index (χ3v) is 8.87. The molecule has 0 radical (unpaired) electrons. The molecule has 16 heteroatoms. The van der Waals surface area contributed by atoms with E-state index in [0.29, 0.717) is 29.9 Å². The zero-order valence-electron chi connectivity index (χ0n) is 25.6. The monoisotopic (exact) mass is 655 g/mol. The normalized spacial score (nSPS) is 21.9. The van der Waals surface area contributed by atoms with Crippen LogP contribution in [-0.2, 0) is 16.6 Å². The summed E-state index contributed by atoms with van der Waals surface area (Å²) in [5.41, 5.74) is 2.01. The molecule has 4 rings (SSSR count). The Hall–Kier alpha value is -3.92. The lowest BCUT2D eigenvalue weighted by Gasteiger charge is -2.32. The van der Waals surface area contributed by atoms with E-state index in [4.69, 9.17) is 4.74 Å². The fourth-order valence-electron chi connectivity index (χ4n) is 4.98. The van der Waals surface area contributed by atoms with Crippen molar-refractivity contribution in [1.82, 2.24) is 15.5 Å². The van der Waals surface area contributed by atoms with Crippen molar-refractivity contribution in [2.24, 2.45) is 15.9 Å². The van der Waals surface area contributed by atoms with Crippen molar-refractivity contribution < 1.29 is 35.5 Å². The second kappa shape index (κ2) is 13.6. The van der Waals surface area contributed by atoms with E-state index in [1.54, 1.807) is 25.1 Å². The van der Waals surface area contributed by atoms with Crippen LogP contribution in [-0.4, -0.2) is 96.5 Å². The van der Waals surface area contributed by atoms with Gasteiger partial charge in [-0.25, -0.2) is 12.8 Å². The van der Waals surface area contributed by atoms with Gasteiger partial charge in [0.15, 0.2) is 0 Å². The number of hydrogen-bond donors (Lipinski definition) is 3. The molecule has 2 aromatic rings. The number of rotatable bonds is 8. The Bertz CT molecular complexity index is 1580. The van der Waals surface area contributed by atoms with Crippen LogP contribution in [0.5, 0.6) is 5.75 Å². The first kappa shape index (κ1) is 34.0. The molecule has 3 N–H and O–H groups in total. The first-order chi connectivity index (χ1) is 21.1. The van der Waals surface area contributed by atoms with Crippen LogP contribution in [0, 0.1) is 12.8 Å². The van der Waals surface area contributed by atoms with Gasteiger partial charge in [0.2, 0.25) is 16.0 Å². The molecule has 3 unspecified atom stereocenters. The first-order valence-corrected chi connectivity index (χ1v) is 16.0. The number of piperidine rings is 1. The SMILES string of the molecule is COc1cc(C(=O)NC2CCN(C)CC2F)ccc1NC1=NCC(C(F)(F)F)C(=NCc2ccc(C)cc2N(C)S(C)(=O)=O)N1. The summed E-state index contributed by atoms with van der Waals surface area (Å²) in [5.74, 6) is -2.73. The number of guanidine groups is 1. The fourth-order valence-corrected chi connectivity index (χ4v) is 5.51. The van der Waals surface area contributed by atoms with Crippen molar-refractivity contribution in [2.75, 3.05) is 56.7 Å². The number of aliphatic imine (C=N–C) groups is 2. The van der Waals surface area contributed by atoms with Crippen LogP contribution in [0.4, 0.5) is 28.9 Å². The minimum Gasteiger partial charge on any atom is -0.495 e. The molecule has 0 saturated carbocycles. The molecule has 11 nitrogen and oxygen atoms in total. The smallest absolute Gasteiger partial charge is 0.400 e. The van der Waals surface area contributed by atoms with E-state index in [1.165, 1.54) is 32.4 Å². The molecule has 1 saturated heterocycles. The number of methoxy groups -OCH3 is 1. The lowest BCUT2D eigenvalue weighted by molar-refractivity contribution is -0.153. The second-order valence-electron chi connectivity index (χ2n) is 11.2. The van der Waals surface area contributed by atoms with E-state index in [2.05, 4.69) is 25.9 Å². The van der Waals surface area contributed by atoms with Crippen LogP contribution in [0.2, 0.25) is 0 Å². The molecule has 1 fully saturated rings. The van der Waals surface area contributed by atoms with Crippen LogP contribution in [0.25, 0.3) is 0 Å². The van der Waals surface area contributed by atoms with Gasteiger partial charge in [0.1, 0.15) is 23.7 Å². The van der Waals surface area contributed by atoms with Gasteiger partial charge in [0, 0.05) is 25.7 Å². The maximum atomic E-state index is 14.4. The largest absolute Gasteiger partial charge is 0.495 e. The summed E-state index contributed by atoms with van der Waals surface area (Å²) in [6.07, 6.45) is -4.36. The minimum atomic E-state index is -4.65. The van der Waals surface area contributed by atoms with E-state index in [1.807, 2.05) is 11.9 Å². The number of nitrogens with zero attached hydrogens (tertiary/aromatic N) is 4. The van der Waals surface area contributed by atoms with Gasteiger partial charge < -0.3 is 25.6 Å². The van der Waals surface area contributed by atoms with Gasteiger partial charge in [-0.15, -0.1) is 0 Å². The van der Waals surface area contributed by atoms with Gasteiger partial charge in [-0.2, -0.15) is 13.2 Å². The van der Waals surface area contributed by atoms with Crippen LogP contribution < -0.4 is 25.0 Å². The van der Waals surface area contributed by atoms with Gasteiger partial charge in [-0.3, -0.25) is 19.1 Å². The zero-order valence-corrected chi connectivity index (χ0v) is 26.4. The quantitative estimate of drug-likeness (QED) is 0.373. The highest BCUT2D eigenvalue weighted by Gasteiger charge is 2.45. The van der Waals surface area contributed by atoms with Crippen LogP contribution in [0.1, 0.15) is 27.9 Å². The van der Waals surface area contributed by atoms with E-state index in [9.17, 15) is 30.8 Å². The van der Waals surface area contributed by atoms with Gasteiger partial charge in [-0.05, 0) is 55.8 Å². The Kier molecular flexibility index (Phi) is 10.3. The van der Waals surface area contributed by atoms with Crippen molar-refractivity contribution in [1.29, 1.82) is 0 Å². The molecular weight excluding hydrogens is 618 g/mol. The Morgan fingerprint density at radius 2 is 1.98 bits per heavy atom. The molecule has 3 atom stereocenters. The summed E-state index contributed by atoms with van der Waals surface area (Å²) < 4.78 is 87.1. The number of aryl methyl sites for hydroxylation is 1. The number of carbonyl (C=O) groups excluding carboxylic acids is 1. The molecule has 0 aliphatic carbocycles. The minimum absolute atomic E-state index is 0.0336. The highest BCUT2D eigenvalue weighted by molar-refractivity contribution is 7.92. The number of carbonyl (C=O) groups is 1. The van der Waals surface area contributed by atoms with E-state index in [-0.39, 0.29) is 30.4 Å². The van der Waals surface area contributed by atoms with Crippen molar-refractivity contribution >= 4 is 39.1 Å². The molecule has 2 aromatic carbocycles. The number of sulfonamides is 1. The molecule has 0 aromatic heterocycles. The van der Waals surface area contributed by atoms with Crippen molar-refractivity contribution in [3.05, 3.63) is 53.1 Å². The number of anilines is 2. The summed E-state index contributed by atoms with van der Waals surface area (Å²) in [4.78, 5) is 22.9. The summed E-state index contributed by atoms with van der Waals surface area (Å²) in [6.45, 7) is 1.76. The summed E-state index contributed by atoms with van der Waals surface area (Å²) in [6, 6.07) is 8.77. The number of amides is 1. The van der Waals surface area contributed by atoms with Crippen molar-refractivity contribution in [2.45, 2.75) is 38.3 Å². The molecule has 1 amide bonds. The van der Waals surface area contributed by atoms with Crippen LogP contribution >= 0.6 is 0 Å². The highest BCUT2D eigenvalue weighted by atomic mass is 32.2. The first-order valence-electron chi connectivity index (χ1n) is 14.1. The number of halogens is 4. The Morgan fingerprint density at radius 3 is 2.62 bits per heavy atom. The maximum absolute atomic E-state index is 14.4. The number of alkyl halides is 4. The fraction of sp³-hybridized carbons (Fsp3) is 0.483. The van der Waals surface area contributed by atoms with Crippen LogP contribution in [0.3, 0.4) is 0 Å². The third kappa shape index (κ3) is 8.42. The van der Waals surface area contributed by atoms with Crippen molar-refractivity contribution in [3.8, 4) is 5.75 Å². The molecule has 2 heterocycles. The number of nitrogens with one attached hydrogen (secondary N) is 3. The zero-order chi connectivity index (χ0) is 33.1. The lowest BCUT2D eigenvalue weighted by Crippen LogP contribution is -2.51.